The molecule has 1 aliphatic heterocycles. The van der Waals surface area contributed by atoms with E-state index >= 15 is 0 Å². The average molecular weight is 301 g/mol. The standard InChI is InChI=1S/C15H22ClFN2O/c1-18(2)7-12-8-19(9-13(12)10-20)6-11-3-4-15(17)14(16)5-11/h3-5,12-13,20H,6-10H2,1-2H3/t12-,13-/m1/s1. The van der Waals surface area contributed by atoms with Crippen LogP contribution in [0.2, 0.25) is 5.02 Å². The van der Waals surface area contributed by atoms with Crippen LogP contribution in [0.15, 0.2) is 18.2 Å². The number of halogens is 2. The zero-order chi connectivity index (χ0) is 14.7. The minimum Gasteiger partial charge on any atom is -0.396 e. The number of likely N-dealkylation sites (tertiary alicyclic amines) is 1. The van der Waals surface area contributed by atoms with Crippen molar-refractivity contribution in [2.75, 3.05) is 40.3 Å². The minimum atomic E-state index is -0.379. The van der Waals surface area contributed by atoms with Gasteiger partial charge < -0.3 is 10.0 Å². The van der Waals surface area contributed by atoms with Gasteiger partial charge in [0, 0.05) is 32.8 Å². The van der Waals surface area contributed by atoms with Crippen LogP contribution in [-0.4, -0.2) is 55.2 Å². The minimum absolute atomic E-state index is 0.172. The SMILES string of the molecule is CN(C)C[C@@H]1CN(Cc2ccc(F)c(Cl)c2)C[C@@H]1CO. The van der Waals surface area contributed by atoms with Gasteiger partial charge in [-0.05, 0) is 43.6 Å². The molecule has 1 N–H and O–H groups in total. The van der Waals surface area contributed by atoms with Crippen LogP contribution in [0.3, 0.4) is 0 Å². The molecular weight excluding hydrogens is 279 g/mol. The van der Waals surface area contributed by atoms with E-state index in [0.717, 1.165) is 31.7 Å². The first-order valence-corrected chi connectivity index (χ1v) is 7.29. The van der Waals surface area contributed by atoms with E-state index in [2.05, 4.69) is 23.9 Å². The van der Waals surface area contributed by atoms with E-state index in [0.29, 0.717) is 11.8 Å². The van der Waals surface area contributed by atoms with Crippen LogP contribution < -0.4 is 0 Å². The van der Waals surface area contributed by atoms with Gasteiger partial charge in [0.15, 0.2) is 0 Å². The molecule has 2 atom stereocenters. The first kappa shape index (κ1) is 15.7. The molecule has 0 aromatic heterocycles. The Hall–Kier alpha value is -0.680. The van der Waals surface area contributed by atoms with Crippen molar-refractivity contribution in [3.05, 3.63) is 34.6 Å². The maximum Gasteiger partial charge on any atom is 0.141 e. The quantitative estimate of drug-likeness (QED) is 0.902. The number of hydrogen-bond acceptors (Lipinski definition) is 3. The van der Waals surface area contributed by atoms with Gasteiger partial charge in [0.1, 0.15) is 5.82 Å². The summed E-state index contributed by atoms with van der Waals surface area (Å²) in [6.45, 7) is 3.79. The Bertz CT molecular complexity index is 455. The van der Waals surface area contributed by atoms with E-state index in [4.69, 9.17) is 11.6 Å². The molecule has 1 heterocycles. The van der Waals surface area contributed by atoms with Crippen molar-refractivity contribution in [3.63, 3.8) is 0 Å². The van der Waals surface area contributed by atoms with Gasteiger partial charge in [-0.15, -0.1) is 0 Å². The smallest absolute Gasteiger partial charge is 0.141 e. The van der Waals surface area contributed by atoms with Gasteiger partial charge in [0.05, 0.1) is 5.02 Å². The number of nitrogens with zero attached hydrogens (tertiary/aromatic N) is 2. The van der Waals surface area contributed by atoms with Gasteiger partial charge in [-0.3, -0.25) is 4.90 Å². The Morgan fingerprint density at radius 2 is 2.05 bits per heavy atom. The number of rotatable bonds is 5. The van der Waals surface area contributed by atoms with Crippen molar-refractivity contribution in [1.29, 1.82) is 0 Å². The van der Waals surface area contributed by atoms with Crippen LogP contribution in [0.1, 0.15) is 5.56 Å². The zero-order valence-corrected chi connectivity index (χ0v) is 12.8. The Kier molecular flexibility index (Phi) is 5.38. The molecule has 0 spiro atoms. The highest BCUT2D eigenvalue weighted by atomic mass is 35.5. The van der Waals surface area contributed by atoms with Crippen LogP contribution in [0, 0.1) is 17.7 Å². The van der Waals surface area contributed by atoms with Gasteiger partial charge in [-0.1, -0.05) is 17.7 Å². The lowest BCUT2D eigenvalue weighted by Crippen LogP contribution is -2.28. The monoisotopic (exact) mass is 300 g/mol. The third-order valence-electron chi connectivity index (χ3n) is 3.88. The average Bonchev–Trinajstić information content (AvgIpc) is 2.75. The van der Waals surface area contributed by atoms with E-state index in [1.54, 1.807) is 12.1 Å². The first-order chi connectivity index (χ1) is 9.49. The van der Waals surface area contributed by atoms with E-state index in [-0.39, 0.29) is 17.4 Å². The van der Waals surface area contributed by atoms with Crippen LogP contribution in [0.5, 0.6) is 0 Å². The zero-order valence-electron chi connectivity index (χ0n) is 12.0. The third-order valence-corrected chi connectivity index (χ3v) is 4.17. The molecule has 5 heteroatoms. The lowest BCUT2D eigenvalue weighted by molar-refractivity contribution is 0.183. The Balaban J connectivity index is 1.98. The molecule has 1 fully saturated rings. The predicted octanol–water partition coefficient (Wildman–Crippen LogP) is 2.08. The van der Waals surface area contributed by atoms with Gasteiger partial charge in [0.2, 0.25) is 0 Å². The summed E-state index contributed by atoms with van der Waals surface area (Å²) in [5, 5.41) is 9.67. The molecule has 1 aromatic carbocycles. The second-order valence-electron chi connectivity index (χ2n) is 5.91. The fourth-order valence-electron chi connectivity index (χ4n) is 2.94. The summed E-state index contributed by atoms with van der Waals surface area (Å²) in [6, 6.07) is 4.87. The molecule has 0 amide bonds. The van der Waals surface area contributed by atoms with Crippen LogP contribution in [0.25, 0.3) is 0 Å². The van der Waals surface area contributed by atoms with Crippen LogP contribution in [-0.2, 0) is 6.54 Å². The maximum atomic E-state index is 13.2. The van der Waals surface area contributed by atoms with E-state index in [1.807, 2.05) is 0 Å². The normalized spacial score (nSPS) is 23.7. The summed E-state index contributed by atoms with van der Waals surface area (Å²) in [5.74, 6) is 0.412. The second kappa shape index (κ2) is 6.85. The lowest BCUT2D eigenvalue weighted by Gasteiger charge is -2.20. The molecular formula is C15H22ClFN2O. The number of hydrogen-bond donors (Lipinski definition) is 1. The summed E-state index contributed by atoms with van der Waals surface area (Å²) in [6.07, 6.45) is 0. The fourth-order valence-corrected chi connectivity index (χ4v) is 3.15. The fraction of sp³-hybridized carbons (Fsp3) is 0.600. The molecule has 1 aromatic rings. The molecule has 0 radical (unpaired) electrons. The highest BCUT2D eigenvalue weighted by molar-refractivity contribution is 6.30. The third kappa shape index (κ3) is 3.92. The molecule has 0 saturated carbocycles. The van der Waals surface area contributed by atoms with Crippen molar-refractivity contribution in [2.24, 2.45) is 11.8 Å². The molecule has 1 saturated heterocycles. The molecule has 2 rings (SSSR count). The Labute approximate surface area is 124 Å². The summed E-state index contributed by atoms with van der Waals surface area (Å²) >= 11 is 5.81. The molecule has 1 aliphatic rings. The summed E-state index contributed by atoms with van der Waals surface area (Å²) in [5.41, 5.74) is 1.01. The first-order valence-electron chi connectivity index (χ1n) is 6.91. The van der Waals surface area contributed by atoms with Crippen molar-refractivity contribution in [1.82, 2.24) is 9.80 Å². The number of aliphatic hydroxyl groups excluding tert-OH is 1. The van der Waals surface area contributed by atoms with Crippen LogP contribution >= 0.6 is 11.6 Å². The van der Waals surface area contributed by atoms with Gasteiger partial charge >= 0.3 is 0 Å². The molecule has 0 unspecified atom stereocenters. The lowest BCUT2D eigenvalue weighted by atomic mass is 9.97. The Morgan fingerprint density at radius 1 is 1.35 bits per heavy atom. The van der Waals surface area contributed by atoms with Crippen molar-refractivity contribution in [3.8, 4) is 0 Å². The number of aliphatic hydroxyl groups is 1. The maximum absolute atomic E-state index is 13.2. The van der Waals surface area contributed by atoms with Gasteiger partial charge in [-0.25, -0.2) is 4.39 Å². The van der Waals surface area contributed by atoms with E-state index < -0.39 is 0 Å². The van der Waals surface area contributed by atoms with Crippen molar-refractivity contribution in [2.45, 2.75) is 6.54 Å². The van der Waals surface area contributed by atoms with Gasteiger partial charge in [-0.2, -0.15) is 0 Å². The van der Waals surface area contributed by atoms with Crippen molar-refractivity contribution < 1.29 is 9.50 Å². The molecule has 3 nitrogen and oxygen atoms in total. The predicted molar refractivity (Wildman–Crippen MR) is 79.3 cm³/mol. The van der Waals surface area contributed by atoms with Crippen LogP contribution in [0.4, 0.5) is 4.39 Å². The van der Waals surface area contributed by atoms with E-state index in [9.17, 15) is 9.50 Å². The van der Waals surface area contributed by atoms with Crippen molar-refractivity contribution >= 4 is 11.6 Å². The van der Waals surface area contributed by atoms with E-state index in [1.165, 1.54) is 6.07 Å². The largest absolute Gasteiger partial charge is 0.396 e. The van der Waals surface area contributed by atoms with Gasteiger partial charge in [0.25, 0.3) is 0 Å². The summed E-state index contributed by atoms with van der Waals surface area (Å²) in [7, 11) is 4.10. The highest BCUT2D eigenvalue weighted by Gasteiger charge is 2.32. The topological polar surface area (TPSA) is 26.7 Å². The summed E-state index contributed by atoms with van der Waals surface area (Å²) in [4.78, 5) is 4.46. The second-order valence-corrected chi connectivity index (χ2v) is 6.31. The Morgan fingerprint density at radius 3 is 2.65 bits per heavy atom. The highest BCUT2D eigenvalue weighted by Crippen LogP contribution is 2.26. The number of benzene rings is 1. The summed E-state index contributed by atoms with van der Waals surface area (Å²) < 4.78 is 13.2. The molecule has 112 valence electrons. The molecule has 0 aliphatic carbocycles. The molecule has 20 heavy (non-hydrogen) atoms. The molecule has 0 bridgehead atoms.